The Morgan fingerprint density at radius 2 is 1.96 bits per heavy atom. The fourth-order valence-corrected chi connectivity index (χ4v) is 3.57. The van der Waals surface area contributed by atoms with Gasteiger partial charge >= 0.3 is 0 Å². The molecule has 1 aliphatic heterocycles. The molecule has 2 aromatic rings. The van der Waals surface area contributed by atoms with Crippen molar-refractivity contribution in [1.82, 2.24) is 14.8 Å². The maximum atomic E-state index is 13.0. The zero-order chi connectivity index (χ0) is 17.8. The van der Waals surface area contributed by atoms with Crippen molar-refractivity contribution in [3.63, 3.8) is 0 Å². The third-order valence-corrected chi connectivity index (χ3v) is 4.75. The molecule has 0 spiro atoms. The number of benzene rings is 1. The van der Waals surface area contributed by atoms with Crippen LogP contribution >= 0.6 is 0 Å². The summed E-state index contributed by atoms with van der Waals surface area (Å²) in [7, 11) is 4.15. The van der Waals surface area contributed by atoms with Crippen molar-refractivity contribution in [2.45, 2.75) is 38.8 Å². The third-order valence-electron chi connectivity index (χ3n) is 4.75. The first-order valence-electron chi connectivity index (χ1n) is 9.01. The molecule has 3 rings (SSSR count). The summed E-state index contributed by atoms with van der Waals surface area (Å²) in [5.74, 6) is 0.0956. The molecule has 1 aromatic heterocycles. The number of rotatable bonds is 4. The highest BCUT2D eigenvalue weighted by atomic mass is 16.2. The van der Waals surface area contributed by atoms with E-state index in [0.29, 0.717) is 5.56 Å². The predicted molar refractivity (Wildman–Crippen MR) is 100 cm³/mol. The summed E-state index contributed by atoms with van der Waals surface area (Å²) in [4.78, 5) is 21.4. The molecular formula is C21H27N3O. The Kier molecular flexibility index (Phi) is 5.49. The van der Waals surface area contributed by atoms with Gasteiger partial charge in [-0.05, 0) is 63.0 Å². The van der Waals surface area contributed by atoms with Crippen LogP contribution in [0.4, 0.5) is 0 Å². The van der Waals surface area contributed by atoms with Gasteiger partial charge in [-0.1, -0.05) is 24.3 Å². The van der Waals surface area contributed by atoms with E-state index in [0.717, 1.165) is 31.5 Å². The van der Waals surface area contributed by atoms with Crippen molar-refractivity contribution < 1.29 is 4.79 Å². The van der Waals surface area contributed by atoms with Gasteiger partial charge in [-0.25, -0.2) is 0 Å². The van der Waals surface area contributed by atoms with Gasteiger partial charge in [-0.3, -0.25) is 9.78 Å². The molecule has 25 heavy (non-hydrogen) atoms. The fraction of sp³-hybridized carbons (Fsp3) is 0.429. The van der Waals surface area contributed by atoms with Crippen LogP contribution < -0.4 is 0 Å². The molecule has 0 saturated carbocycles. The molecule has 1 aromatic carbocycles. The zero-order valence-electron chi connectivity index (χ0n) is 15.4. The molecule has 132 valence electrons. The van der Waals surface area contributed by atoms with E-state index < -0.39 is 0 Å². The predicted octanol–water partition coefficient (Wildman–Crippen LogP) is 3.82. The normalized spacial score (nSPS) is 17.8. The Bertz CT molecular complexity index is 724. The van der Waals surface area contributed by atoms with Crippen molar-refractivity contribution >= 4 is 5.91 Å². The molecule has 0 aliphatic carbocycles. The van der Waals surface area contributed by atoms with Crippen LogP contribution in [0.2, 0.25) is 0 Å². The van der Waals surface area contributed by atoms with Crippen LogP contribution in [0.3, 0.4) is 0 Å². The van der Waals surface area contributed by atoms with E-state index in [1.165, 1.54) is 17.5 Å². The lowest BCUT2D eigenvalue weighted by molar-refractivity contribution is 0.0611. The first-order chi connectivity index (χ1) is 12.0. The Morgan fingerprint density at radius 3 is 2.64 bits per heavy atom. The lowest BCUT2D eigenvalue weighted by Crippen LogP contribution is -2.38. The SMILES string of the molecule is Cc1cncc(C(=O)N2CCCCC2c2ccc(CN(C)C)cc2)c1. The molecule has 0 bridgehead atoms. The maximum Gasteiger partial charge on any atom is 0.255 e. The highest BCUT2D eigenvalue weighted by Gasteiger charge is 2.28. The Morgan fingerprint density at radius 1 is 1.20 bits per heavy atom. The summed E-state index contributed by atoms with van der Waals surface area (Å²) in [6.45, 7) is 3.72. The first-order valence-corrected chi connectivity index (χ1v) is 9.01. The molecule has 4 heteroatoms. The van der Waals surface area contributed by atoms with Crippen LogP contribution in [0.15, 0.2) is 42.7 Å². The number of aromatic nitrogens is 1. The van der Waals surface area contributed by atoms with Gasteiger partial charge in [0.1, 0.15) is 0 Å². The minimum Gasteiger partial charge on any atom is -0.332 e. The average Bonchev–Trinajstić information content (AvgIpc) is 2.61. The van der Waals surface area contributed by atoms with Crippen molar-refractivity contribution in [3.05, 3.63) is 65.0 Å². The molecule has 1 atom stereocenters. The Balaban J connectivity index is 1.82. The van der Waals surface area contributed by atoms with E-state index in [4.69, 9.17) is 0 Å². The van der Waals surface area contributed by atoms with E-state index in [2.05, 4.69) is 48.2 Å². The third kappa shape index (κ3) is 4.26. The van der Waals surface area contributed by atoms with Crippen LogP contribution in [0, 0.1) is 6.92 Å². The molecule has 1 amide bonds. The van der Waals surface area contributed by atoms with Gasteiger partial charge in [-0.2, -0.15) is 0 Å². The second-order valence-corrected chi connectivity index (χ2v) is 7.24. The minimum absolute atomic E-state index is 0.0956. The molecule has 0 N–H and O–H groups in total. The number of carbonyl (C=O) groups is 1. The van der Waals surface area contributed by atoms with E-state index in [-0.39, 0.29) is 11.9 Å². The van der Waals surface area contributed by atoms with Crippen LogP contribution in [0.1, 0.15) is 52.4 Å². The summed E-state index contributed by atoms with van der Waals surface area (Å²) < 4.78 is 0. The smallest absolute Gasteiger partial charge is 0.255 e. The number of hydrogen-bond acceptors (Lipinski definition) is 3. The van der Waals surface area contributed by atoms with Crippen LogP contribution in [-0.2, 0) is 6.54 Å². The van der Waals surface area contributed by atoms with Crippen molar-refractivity contribution in [1.29, 1.82) is 0 Å². The minimum atomic E-state index is 0.0956. The Hall–Kier alpha value is -2.20. The number of likely N-dealkylation sites (tertiary alicyclic amines) is 1. The molecule has 1 aliphatic rings. The van der Waals surface area contributed by atoms with Crippen LogP contribution in [0.25, 0.3) is 0 Å². The molecule has 2 heterocycles. The quantitative estimate of drug-likeness (QED) is 0.851. The van der Waals surface area contributed by atoms with Crippen molar-refractivity contribution in [3.8, 4) is 0 Å². The standard InChI is InChI=1S/C21H27N3O/c1-16-12-19(14-22-13-16)21(25)24-11-5-4-6-20(24)18-9-7-17(8-10-18)15-23(2)3/h7-10,12-14,20H,4-6,11,15H2,1-3H3. The molecule has 1 unspecified atom stereocenters. The fourth-order valence-electron chi connectivity index (χ4n) is 3.57. The van der Waals surface area contributed by atoms with Crippen LogP contribution in [0.5, 0.6) is 0 Å². The number of pyridine rings is 1. The number of piperidine rings is 1. The van der Waals surface area contributed by atoms with Gasteiger partial charge in [0.05, 0.1) is 11.6 Å². The number of aryl methyl sites for hydroxylation is 1. The lowest BCUT2D eigenvalue weighted by atomic mass is 9.93. The lowest BCUT2D eigenvalue weighted by Gasteiger charge is -2.36. The molecule has 0 radical (unpaired) electrons. The number of amides is 1. The first kappa shape index (κ1) is 17.6. The molecule has 4 nitrogen and oxygen atoms in total. The van der Waals surface area contributed by atoms with E-state index in [9.17, 15) is 4.79 Å². The van der Waals surface area contributed by atoms with Crippen LogP contribution in [-0.4, -0.2) is 41.3 Å². The largest absolute Gasteiger partial charge is 0.332 e. The monoisotopic (exact) mass is 337 g/mol. The Labute approximate surface area is 150 Å². The van der Waals surface area contributed by atoms with Gasteiger partial charge < -0.3 is 9.80 Å². The van der Waals surface area contributed by atoms with Gasteiger partial charge in [0, 0.05) is 25.5 Å². The topological polar surface area (TPSA) is 36.4 Å². The summed E-state index contributed by atoms with van der Waals surface area (Å²) in [6.07, 6.45) is 6.73. The summed E-state index contributed by atoms with van der Waals surface area (Å²) >= 11 is 0. The molecule has 1 fully saturated rings. The highest BCUT2D eigenvalue weighted by Crippen LogP contribution is 2.32. The van der Waals surface area contributed by atoms with E-state index in [1.54, 1.807) is 12.4 Å². The number of hydrogen-bond donors (Lipinski definition) is 0. The summed E-state index contributed by atoms with van der Waals surface area (Å²) in [5, 5.41) is 0. The van der Waals surface area contributed by atoms with Crippen molar-refractivity contribution in [2.24, 2.45) is 0 Å². The number of nitrogens with zero attached hydrogens (tertiary/aromatic N) is 3. The second kappa shape index (κ2) is 7.79. The van der Waals surface area contributed by atoms with Gasteiger partial charge in [0.2, 0.25) is 0 Å². The summed E-state index contributed by atoms with van der Waals surface area (Å²) in [5.41, 5.74) is 4.24. The van der Waals surface area contributed by atoms with E-state index in [1.807, 2.05) is 17.9 Å². The van der Waals surface area contributed by atoms with Gasteiger partial charge in [-0.15, -0.1) is 0 Å². The van der Waals surface area contributed by atoms with Crippen molar-refractivity contribution in [2.75, 3.05) is 20.6 Å². The molecular weight excluding hydrogens is 310 g/mol. The van der Waals surface area contributed by atoms with Gasteiger partial charge in [0.25, 0.3) is 5.91 Å². The summed E-state index contributed by atoms with van der Waals surface area (Å²) in [6, 6.07) is 10.8. The number of carbonyl (C=O) groups excluding carboxylic acids is 1. The van der Waals surface area contributed by atoms with E-state index >= 15 is 0 Å². The second-order valence-electron chi connectivity index (χ2n) is 7.24. The average molecular weight is 337 g/mol. The highest BCUT2D eigenvalue weighted by molar-refractivity contribution is 5.94. The van der Waals surface area contributed by atoms with Gasteiger partial charge in [0.15, 0.2) is 0 Å². The molecule has 1 saturated heterocycles. The zero-order valence-corrected chi connectivity index (χ0v) is 15.4. The maximum absolute atomic E-state index is 13.0.